The van der Waals surface area contributed by atoms with Gasteiger partial charge in [-0.05, 0) is 36.3 Å². The van der Waals surface area contributed by atoms with Crippen molar-refractivity contribution in [1.29, 1.82) is 0 Å². The van der Waals surface area contributed by atoms with Crippen LogP contribution >= 0.6 is 0 Å². The summed E-state index contributed by atoms with van der Waals surface area (Å²) in [5, 5.41) is 15.2. The number of carbonyl (C=O) groups excluding carboxylic acids is 2. The Kier molecular flexibility index (Phi) is 10.5. The van der Waals surface area contributed by atoms with Gasteiger partial charge in [0.25, 0.3) is 0 Å². The summed E-state index contributed by atoms with van der Waals surface area (Å²) >= 11 is 0. The molecule has 2 unspecified atom stereocenters. The number of hydrogen-bond acceptors (Lipinski definition) is 3. The van der Waals surface area contributed by atoms with Crippen molar-refractivity contribution >= 4 is 23.5 Å². The molecular formula is C27H29ClN2O3. The summed E-state index contributed by atoms with van der Waals surface area (Å²) in [5.41, 5.74) is 2.94. The van der Waals surface area contributed by atoms with E-state index in [0.29, 0.717) is 24.2 Å². The average Bonchev–Trinajstić information content (AvgIpc) is 2.83. The van der Waals surface area contributed by atoms with Gasteiger partial charge in [0.2, 0.25) is 5.91 Å². The zero-order valence-electron chi connectivity index (χ0n) is 18.5. The molecule has 0 saturated heterocycles. The van der Waals surface area contributed by atoms with Crippen LogP contribution < -0.4 is 23.0 Å². The zero-order valence-corrected chi connectivity index (χ0v) is 19.3. The molecule has 0 fully saturated rings. The van der Waals surface area contributed by atoms with Crippen LogP contribution in [0.3, 0.4) is 0 Å². The minimum atomic E-state index is -0.589. The first-order valence-corrected chi connectivity index (χ1v) is 10.8. The Morgan fingerprint density at radius 1 is 0.970 bits per heavy atom. The first kappa shape index (κ1) is 26.0. The molecule has 0 radical (unpaired) electrons. The van der Waals surface area contributed by atoms with Gasteiger partial charge in [0, 0.05) is 17.3 Å². The molecule has 0 heterocycles. The van der Waals surface area contributed by atoms with E-state index in [-0.39, 0.29) is 30.1 Å². The molecule has 3 aromatic rings. The monoisotopic (exact) mass is 464 g/mol. The summed E-state index contributed by atoms with van der Waals surface area (Å²) < 4.78 is 0. The second-order valence-electron chi connectivity index (χ2n) is 7.73. The number of rotatable bonds is 10. The molecule has 0 saturated carbocycles. The van der Waals surface area contributed by atoms with Crippen molar-refractivity contribution in [3.63, 3.8) is 0 Å². The molecule has 3 rings (SSSR count). The summed E-state index contributed by atoms with van der Waals surface area (Å²) in [5.74, 6) is -0.255. The molecule has 172 valence electrons. The number of Topliss-reactive ketones (excluding diaryl/α,β-unsaturated/α-hetero) is 1. The van der Waals surface area contributed by atoms with Gasteiger partial charge in [0.15, 0.2) is 5.78 Å². The maximum atomic E-state index is 12.6. The van der Waals surface area contributed by atoms with Gasteiger partial charge in [0.05, 0.1) is 13.0 Å². The molecule has 3 aromatic carbocycles. The minimum absolute atomic E-state index is 0. The van der Waals surface area contributed by atoms with Crippen molar-refractivity contribution < 1.29 is 32.4 Å². The topological polar surface area (TPSA) is 83.0 Å². The summed E-state index contributed by atoms with van der Waals surface area (Å²) in [7, 11) is 0. The molecule has 6 heteroatoms. The Morgan fingerprint density at radius 2 is 1.64 bits per heavy atom. The third kappa shape index (κ3) is 8.31. The third-order valence-electron chi connectivity index (χ3n) is 5.23. The van der Waals surface area contributed by atoms with E-state index in [9.17, 15) is 14.7 Å². The molecule has 1 amide bonds. The Balaban J connectivity index is 0.00000385. The number of aliphatic hydroxyl groups is 1. The van der Waals surface area contributed by atoms with Crippen molar-refractivity contribution in [2.45, 2.75) is 25.5 Å². The predicted molar refractivity (Wildman–Crippen MR) is 127 cm³/mol. The number of anilines is 1. The Morgan fingerprint density at radius 3 is 2.33 bits per heavy atom. The summed E-state index contributed by atoms with van der Waals surface area (Å²) in [4.78, 5) is 24.8. The number of hydrogen-bond donors (Lipinski definition) is 3. The van der Waals surface area contributed by atoms with Gasteiger partial charge in [-0.1, -0.05) is 72.8 Å². The van der Waals surface area contributed by atoms with Gasteiger partial charge >= 0.3 is 0 Å². The Labute approximate surface area is 201 Å². The SMILES string of the molecule is CC([NH2+]CCC(=O)c1cccc(NC(=O)/C=C/c2ccccc2)c1)C(O)c1ccccc1.[Cl-]. The van der Waals surface area contributed by atoms with E-state index in [0.717, 1.165) is 11.1 Å². The highest BCUT2D eigenvalue weighted by Gasteiger charge is 2.19. The number of carbonyl (C=O) groups is 2. The van der Waals surface area contributed by atoms with Gasteiger partial charge in [0.1, 0.15) is 12.1 Å². The average molecular weight is 465 g/mol. The second-order valence-corrected chi connectivity index (χ2v) is 7.73. The molecule has 4 N–H and O–H groups in total. The fourth-order valence-corrected chi connectivity index (χ4v) is 3.39. The van der Waals surface area contributed by atoms with Crippen LogP contribution in [-0.2, 0) is 4.79 Å². The van der Waals surface area contributed by atoms with Crippen LogP contribution in [0.15, 0.2) is 91.0 Å². The highest BCUT2D eigenvalue weighted by Crippen LogP contribution is 2.15. The van der Waals surface area contributed by atoms with Gasteiger partial charge in [-0.2, -0.15) is 0 Å². The summed E-state index contributed by atoms with van der Waals surface area (Å²) in [6.45, 7) is 2.52. The smallest absolute Gasteiger partial charge is 0.248 e. The van der Waals surface area contributed by atoms with E-state index in [1.165, 1.54) is 6.08 Å². The second kappa shape index (κ2) is 13.3. The zero-order chi connectivity index (χ0) is 22.8. The maximum absolute atomic E-state index is 12.6. The summed E-state index contributed by atoms with van der Waals surface area (Å²) in [6, 6.07) is 26.0. The van der Waals surface area contributed by atoms with Crippen molar-refractivity contribution in [3.8, 4) is 0 Å². The fourth-order valence-electron chi connectivity index (χ4n) is 3.39. The normalized spacial score (nSPS) is 12.5. The number of halogens is 1. The van der Waals surface area contributed by atoms with Crippen molar-refractivity contribution in [2.75, 3.05) is 11.9 Å². The standard InChI is InChI=1S/C27H28N2O3.ClH/c1-20(27(32)22-11-6-3-7-12-22)28-18-17-25(30)23-13-8-14-24(19-23)29-26(31)16-15-21-9-4-2-5-10-21;/h2-16,19-20,27-28,32H,17-18H2,1H3,(H,29,31);1H/b16-15+;. The Bertz CT molecular complexity index is 1060. The van der Waals surface area contributed by atoms with Crippen LogP contribution in [0.2, 0.25) is 0 Å². The molecule has 0 aliphatic rings. The van der Waals surface area contributed by atoms with E-state index in [4.69, 9.17) is 0 Å². The van der Waals surface area contributed by atoms with Crippen LogP contribution in [0.4, 0.5) is 5.69 Å². The van der Waals surface area contributed by atoms with Gasteiger partial charge < -0.3 is 28.1 Å². The van der Waals surface area contributed by atoms with E-state index >= 15 is 0 Å². The quantitative estimate of drug-likeness (QED) is 0.303. The molecule has 5 nitrogen and oxygen atoms in total. The Hall–Kier alpha value is -3.25. The molecule has 33 heavy (non-hydrogen) atoms. The van der Waals surface area contributed by atoms with Crippen LogP contribution in [-0.4, -0.2) is 29.4 Å². The third-order valence-corrected chi connectivity index (χ3v) is 5.23. The highest BCUT2D eigenvalue weighted by molar-refractivity contribution is 6.03. The lowest BCUT2D eigenvalue weighted by atomic mass is 10.0. The lowest BCUT2D eigenvalue weighted by Crippen LogP contribution is -3.00. The molecule has 0 aliphatic carbocycles. The highest BCUT2D eigenvalue weighted by atomic mass is 35.5. The molecule has 0 spiro atoms. The van der Waals surface area contributed by atoms with E-state index in [1.54, 1.807) is 30.3 Å². The lowest BCUT2D eigenvalue weighted by molar-refractivity contribution is -0.693. The predicted octanol–water partition coefficient (Wildman–Crippen LogP) is 0.601. The van der Waals surface area contributed by atoms with Gasteiger partial charge in [-0.3, -0.25) is 9.59 Å². The van der Waals surface area contributed by atoms with Crippen LogP contribution in [0.25, 0.3) is 6.08 Å². The first-order valence-electron chi connectivity index (χ1n) is 10.8. The van der Waals surface area contributed by atoms with Crippen molar-refractivity contribution in [2.24, 2.45) is 0 Å². The van der Waals surface area contributed by atoms with Gasteiger partial charge in [-0.25, -0.2) is 0 Å². The number of quaternary nitrogens is 1. The fraction of sp³-hybridized carbons (Fsp3) is 0.185. The molecule has 0 aromatic heterocycles. The van der Waals surface area contributed by atoms with Crippen LogP contribution in [0.5, 0.6) is 0 Å². The molecule has 0 bridgehead atoms. The molecule has 0 aliphatic heterocycles. The van der Waals surface area contributed by atoms with Crippen molar-refractivity contribution in [1.82, 2.24) is 0 Å². The van der Waals surface area contributed by atoms with Gasteiger partial charge in [-0.15, -0.1) is 0 Å². The lowest BCUT2D eigenvalue weighted by Gasteiger charge is -2.17. The van der Waals surface area contributed by atoms with E-state index < -0.39 is 6.10 Å². The number of aliphatic hydroxyl groups excluding tert-OH is 1. The number of nitrogens with two attached hydrogens (primary N) is 1. The maximum Gasteiger partial charge on any atom is 0.248 e. The largest absolute Gasteiger partial charge is 1.00 e. The van der Waals surface area contributed by atoms with E-state index in [2.05, 4.69) is 5.32 Å². The minimum Gasteiger partial charge on any atom is -1.00 e. The number of amides is 1. The van der Waals surface area contributed by atoms with Crippen molar-refractivity contribution in [3.05, 3.63) is 108 Å². The van der Waals surface area contributed by atoms with Crippen LogP contribution in [0, 0.1) is 0 Å². The summed E-state index contributed by atoms with van der Waals surface area (Å²) in [6.07, 6.45) is 2.97. The molecule has 2 atom stereocenters. The van der Waals surface area contributed by atoms with E-state index in [1.807, 2.05) is 72.9 Å². The first-order chi connectivity index (χ1) is 15.5. The number of ketones is 1. The molecular weight excluding hydrogens is 436 g/mol. The number of benzene rings is 3. The number of nitrogens with one attached hydrogen (secondary N) is 1. The van der Waals surface area contributed by atoms with Crippen LogP contribution in [0.1, 0.15) is 40.9 Å².